The number of carbonyl (C=O) groups is 1. The number of fused-ring (bicyclic) bond motifs is 1. The second kappa shape index (κ2) is 8.91. The van der Waals surface area contributed by atoms with Gasteiger partial charge >= 0.3 is 0 Å². The quantitative estimate of drug-likeness (QED) is 0.611. The molecule has 1 heterocycles. The zero-order valence-corrected chi connectivity index (χ0v) is 17.3. The molecule has 0 spiro atoms. The normalized spacial score (nSPS) is 11.9. The van der Waals surface area contributed by atoms with Gasteiger partial charge in [0.15, 0.2) is 11.5 Å². The topological polar surface area (TPSA) is 59.6 Å². The van der Waals surface area contributed by atoms with Crippen LogP contribution >= 0.6 is 0 Å². The summed E-state index contributed by atoms with van der Waals surface area (Å²) in [5, 5.41) is 6.41. The number of aryl methyl sites for hydroxylation is 1. The highest BCUT2D eigenvalue weighted by atomic mass is 16.7. The number of nitrogens with one attached hydrogen (secondary N) is 2. The molecule has 30 heavy (non-hydrogen) atoms. The molecule has 5 heteroatoms. The molecule has 0 unspecified atom stereocenters. The fourth-order valence-electron chi connectivity index (χ4n) is 3.44. The van der Waals surface area contributed by atoms with Gasteiger partial charge in [-0.2, -0.15) is 0 Å². The minimum atomic E-state index is -0.0104. The molecule has 1 aliphatic heterocycles. The van der Waals surface area contributed by atoms with Gasteiger partial charge in [0.2, 0.25) is 12.7 Å². The average molecular weight is 402 g/mol. The van der Waals surface area contributed by atoms with Crippen LogP contribution < -0.4 is 20.1 Å². The first-order valence-electron chi connectivity index (χ1n) is 10.1. The lowest BCUT2D eigenvalue weighted by molar-refractivity contribution is -0.120. The van der Waals surface area contributed by atoms with E-state index in [-0.39, 0.29) is 12.7 Å². The van der Waals surface area contributed by atoms with E-state index in [1.54, 1.807) is 0 Å². The first-order chi connectivity index (χ1) is 14.6. The SMILES string of the molecule is Cc1cccc(CNc2ccc(CC(=O)NCc3ccc4c(c3)OCO4)cc2)c1C. The Morgan fingerprint density at radius 3 is 2.50 bits per heavy atom. The smallest absolute Gasteiger partial charge is 0.231 e. The van der Waals surface area contributed by atoms with Gasteiger partial charge in [-0.1, -0.05) is 36.4 Å². The zero-order chi connectivity index (χ0) is 20.9. The second-order valence-corrected chi connectivity index (χ2v) is 7.55. The van der Waals surface area contributed by atoms with Crippen LogP contribution in [0, 0.1) is 13.8 Å². The fraction of sp³-hybridized carbons (Fsp3) is 0.240. The van der Waals surface area contributed by atoms with E-state index in [1.165, 1.54) is 16.7 Å². The number of benzene rings is 3. The predicted molar refractivity (Wildman–Crippen MR) is 118 cm³/mol. The van der Waals surface area contributed by atoms with Crippen molar-refractivity contribution in [1.82, 2.24) is 5.32 Å². The lowest BCUT2D eigenvalue weighted by Crippen LogP contribution is -2.24. The van der Waals surface area contributed by atoms with Gasteiger partial charge < -0.3 is 20.1 Å². The fourth-order valence-corrected chi connectivity index (χ4v) is 3.44. The van der Waals surface area contributed by atoms with Gasteiger partial charge in [-0.15, -0.1) is 0 Å². The van der Waals surface area contributed by atoms with Crippen LogP contribution in [0.2, 0.25) is 0 Å². The van der Waals surface area contributed by atoms with Gasteiger partial charge in [-0.3, -0.25) is 4.79 Å². The third kappa shape index (κ3) is 4.74. The molecule has 2 N–H and O–H groups in total. The molecule has 0 saturated heterocycles. The number of rotatable bonds is 7. The molecule has 3 aromatic rings. The van der Waals surface area contributed by atoms with E-state index in [9.17, 15) is 4.79 Å². The van der Waals surface area contributed by atoms with Crippen molar-refractivity contribution < 1.29 is 14.3 Å². The maximum atomic E-state index is 12.3. The van der Waals surface area contributed by atoms with Crippen molar-refractivity contribution in [2.24, 2.45) is 0 Å². The van der Waals surface area contributed by atoms with Crippen LogP contribution in [-0.2, 0) is 24.3 Å². The van der Waals surface area contributed by atoms with Crippen LogP contribution in [0.3, 0.4) is 0 Å². The summed E-state index contributed by atoms with van der Waals surface area (Å²) in [6.45, 7) is 5.78. The molecule has 0 saturated carbocycles. The summed E-state index contributed by atoms with van der Waals surface area (Å²) in [7, 11) is 0. The van der Waals surface area contributed by atoms with E-state index in [1.807, 2.05) is 42.5 Å². The molecule has 5 nitrogen and oxygen atoms in total. The van der Waals surface area contributed by atoms with Crippen molar-refractivity contribution in [3.8, 4) is 11.5 Å². The molecular formula is C25H26N2O3. The Hall–Kier alpha value is -3.47. The van der Waals surface area contributed by atoms with Crippen LogP contribution in [0.15, 0.2) is 60.7 Å². The number of hydrogen-bond acceptors (Lipinski definition) is 4. The van der Waals surface area contributed by atoms with Crippen molar-refractivity contribution in [2.75, 3.05) is 12.1 Å². The molecule has 0 atom stereocenters. The molecule has 0 aromatic heterocycles. The summed E-state index contributed by atoms with van der Waals surface area (Å²) in [6, 6.07) is 20.1. The molecule has 1 aliphatic rings. The summed E-state index contributed by atoms with van der Waals surface area (Å²) in [5.41, 5.74) is 6.92. The molecular weight excluding hydrogens is 376 g/mol. The standard InChI is InChI=1S/C25H26N2O3/c1-17-4-3-5-21(18(17)2)15-26-22-9-6-19(7-10-22)13-25(28)27-14-20-8-11-23-24(12-20)30-16-29-23/h3-12,26H,13-16H2,1-2H3,(H,27,28). The molecule has 1 amide bonds. The number of carbonyl (C=O) groups excluding carboxylic acids is 1. The lowest BCUT2D eigenvalue weighted by Gasteiger charge is -2.11. The zero-order valence-electron chi connectivity index (χ0n) is 17.3. The second-order valence-electron chi connectivity index (χ2n) is 7.55. The van der Waals surface area contributed by atoms with Gasteiger partial charge in [0.05, 0.1) is 6.42 Å². The van der Waals surface area contributed by atoms with E-state index < -0.39 is 0 Å². The van der Waals surface area contributed by atoms with E-state index in [2.05, 4.69) is 42.7 Å². The molecule has 0 aliphatic carbocycles. The Morgan fingerprint density at radius 1 is 0.900 bits per heavy atom. The van der Waals surface area contributed by atoms with E-state index >= 15 is 0 Å². The monoisotopic (exact) mass is 402 g/mol. The summed E-state index contributed by atoms with van der Waals surface area (Å²) >= 11 is 0. The van der Waals surface area contributed by atoms with Crippen LogP contribution in [0.1, 0.15) is 27.8 Å². The van der Waals surface area contributed by atoms with Gasteiger partial charge in [0, 0.05) is 18.8 Å². The largest absolute Gasteiger partial charge is 0.454 e. The molecule has 0 fully saturated rings. The van der Waals surface area contributed by atoms with E-state index in [0.717, 1.165) is 34.9 Å². The van der Waals surface area contributed by atoms with Crippen molar-refractivity contribution >= 4 is 11.6 Å². The van der Waals surface area contributed by atoms with Gasteiger partial charge in [0.25, 0.3) is 0 Å². The average Bonchev–Trinajstić information content (AvgIpc) is 3.22. The number of amides is 1. The Bertz CT molecular complexity index is 1040. The molecule has 154 valence electrons. The van der Waals surface area contributed by atoms with Crippen LogP contribution in [0.25, 0.3) is 0 Å². The first kappa shape index (κ1) is 19.8. The summed E-state index contributed by atoms with van der Waals surface area (Å²) in [5.74, 6) is 1.46. The highest BCUT2D eigenvalue weighted by molar-refractivity contribution is 5.78. The van der Waals surface area contributed by atoms with Crippen LogP contribution in [-0.4, -0.2) is 12.7 Å². The minimum absolute atomic E-state index is 0.0104. The highest BCUT2D eigenvalue weighted by Crippen LogP contribution is 2.32. The van der Waals surface area contributed by atoms with Crippen LogP contribution in [0.4, 0.5) is 5.69 Å². The predicted octanol–water partition coefficient (Wildman–Crippen LogP) is 4.50. The number of ether oxygens (including phenoxy) is 2. The van der Waals surface area contributed by atoms with E-state index in [0.29, 0.717) is 13.0 Å². The minimum Gasteiger partial charge on any atom is -0.454 e. The Morgan fingerprint density at radius 2 is 1.67 bits per heavy atom. The highest BCUT2D eigenvalue weighted by Gasteiger charge is 2.13. The Balaban J connectivity index is 1.26. The van der Waals surface area contributed by atoms with Gasteiger partial charge in [0.1, 0.15) is 0 Å². The molecule has 0 radical (unpaired) electrons. The van der Waals surface area contributed by atoms with Crippen molar-refractivity contribution in [1.29, 1.82) is 0 Å². The summed E-state index contributed by atoms with van der Waals surface area (Å²) < 4.78 is 10.7. The third-order valence-electron chi connectivity index (χ3n) is 5.45. The lowest BCUT2D eigenvalue weighted by atomic mass is 10.0. The Kier molecular flexibility index (Phi) is 5.89. The number of hydrogen-bond donors (Lipinski definition) is 2. The first-order valence-corrected chi connectivity index (χ1v) is 10.1. The number of anilines is 1. The molecule has 3 aromatic carbocycles. The Labute approximate surface area is 177 Å². The molecule has 0 bridgehead atoms. The van der Waals surface area contributed by atoms with Crippen LogP contribution in [0.5, 0.6) is 11.5 Å². The van der Waals surface area contributed by atoms with Gasteiger partial charge in [-0.05, 0) is 65.9 Å². The van der Waals surface area contributed by atoms with Crippen molar-refractivity contribution in [2.45, 2.75) is 33.4 Å². The molecule has 4 rings (SSSR count). The van der Waals surface area contributed by atoms with E-state index in [4.69, 9.17) is 9.47 Å². The van der Waals surface area contributed by atoms with Crippen molar-refractivity contribution in [3.05, 3.63) is 88.5 Å². The maximum absolute atomic E-state index is 12.3. The van der Waals surface area contributed by atoms with Gasteiger partial charge in [-0.25, -0.2) is 0 Å². The summed E-state index contributed by atoms with van der Waals surface area (Å²) in [6.07, 6.45) is 0.349. The van der Waals surface area contributed by atoms with Crippen molar-refractivity contribution in [3.63, 3.8) is 0 Å². The third-order valence-corrected chi connectivity index (χ3v) is 5.45. The maximum Gasteiger partial charge on any atom is 0.231 e. The summed E-state index contributed by atoms with van der Waals surface area (Å²) in [4.78, 5) is 12.3.